The molecule has 2 aromatic rings. The molecule has 1 atom stereocenters. The maximum absolute atomic E-state index is 12.3. The van der Waals surface area contributed by atoms with Gasteiger partial charge in [-0.2, -0.15) is 0 Å². The van der Waals surface area contributed by atoms with Gasteiger partial charge in [0.25, 0.3) is 11.4 Å². The zero-order valence-electron chi connectivity index (χ0n) is 14.2. The predicted octanol–water partition coefficient (Wildman–Crippen LogP) is 3.74. The lowest BCUT2D eigenvalue weighted by Crippen LogP contribution is -2.28. The predicted molar refractivity (Wildman–Crippen MR) is 96.4 cm³/mol. The summed E-state index contributed by atoms with van der Waals surface area (Å²) in [6.07, 6.45) is 2.80. The van der Waals surface area contributed by atoms with E-state index in [0.29, 0.717) is 11.1 Å². The lowest BCUT2D eigenvalue weighted by Gasteiger charge is -2.24. The van der Waals surface area contributed by atoms with Crippen LogP contribution in [0, 0.1) is 20.2 Å². The number of nitrogens with zero attached hydrogens (tertiary/aromatic N) is 3. The van der Waals surface area contributed by atoms with Gasteiger partial charge < -0.3 is 4.90 Å². The van der Waals surface area contributed by atoms with Crippen molar-refractivity contribution in [1.82, 2.24) is 4.90 Å². The van der Waals surface area contributed by atoms with E-state index in [0.717, 1.165) is 0 Å². The molecule has 8 nitrogen and oxygen atoms in total. The van der Waals surface area contributed by atoms with Crippen molar-refractivity contribution in [2.45, 2.75) is 13.0 Å². The van der Waals surface area contributed by atoms with Gasteiger partial charge in [0.15, 0.2) is 0 Å². The lowest BCUT2D eigenvalue weighted by molar-refractivity contribution is -0.385. The number of rotatable bonds is 6. The molecule has 0 saturated heterocycles. The SMILES string of the molecule is C[C@H](c1cccc([N+](=O)[O-])c1)N(C)C(=O)/C=C/c1cccc([N+](=O)[O-])c1. The highest BCUT2D eigenvalue weighted by molar-refractivity contribution is 5.92. The third-order valence-electron chi connectivity index (χ3n) is 3.99. The Kier molecular flexibility index (Phi) is 5.79. The first-order chi connectivity index (χ1) is 12.3. The Morgan fingerprint density at radius 2 is 1.62 bits per heavy atom. The van der Waals surface area contributed by atoms with Crippen molar-refractivity contribution in [2.24, 2.45) is 0 Å². The average Bonchev–Trinajstić information content (AvgIpc) is 2.65. The van der Waals surface area contributed by atoms with Crippen LogP contribution in [0.15, 0.2) is 54.6 Å². The van der Waals surface area contributed by atoms with Gasteiger partial charge in [-0.1, -0.05) is 24.3 Å². The fraction of sp³-hybridized carbons (Fsp3) is 0.167. The molecule has 0 bridgehead atoms. The number of benzene rings is 2. The summed E-state index contributed by atoms with van der Waals surface area (Å²) in [6.45, 7) is 1.76. The van der Waals surface area contributed by atoms with Crippen molar-refractivity contribution in [3.8, 4) is 0 Å². The molecule has 0 fully saturated rings. The van der Waals surface area contributed by atoms with E-state index in [1.54, 1.807) is 32.2 Å². The normalized spacial score (nSPS) is 11.9. The maximum atomic E-state index is 12.3. The van der Waals surface area contributed by atoms with E-state index in [2.05, 4.69) is 0 Å². The minimum absolute atomic E-state index is 0.0395. The molecule has 0 spiro atoms. The number of carbonyl (C=O) groups excluding carboxylic acids is 1. The van der Waals surface area contributed by atoms with Crippen LogP contribution in [-0.2, 0) is 4.79 Å². The first-order valence-corrected chi connectivity index (χ1v) is 7.73. The summed E-state index contributed by atoms with van der Waals surface area (Å²) in [5.41, 5.74) is 1.07. The summed E-state index contributed by atoms with van der Waals surface area (Å²) in [5, 5.41) is 21.7. The minimum Gasteiger partial charge on any atom is -0.335 e. The molecule has 2 rings (SSSR count). The van der Waals surface area contributed by atoms with Gasteiger partial charge in [0.2, 0.25) is 5.91 Å². The molecule has 2 aromatic carbocycles. The van der Waals surface area contributed by atoms with Gasteiger partial charge in [-0.25, -0.2) is 0 Å². The second-order valence-electron chi connectivity index (χ2n) is 5.66. The lowest BCUT2D eigenvalue weighted by atomic mass is 10.1. The van der Waals surface area contributed by atoms with E-state index < -0.39 is 9.85 Å². The van der Waals surface area contributed by atoms with Gasteiger partial charge in [0.1, 0.15) is 0 Å². The summed E-state index contributed by atoms with van der Waals surface area (Å²) in [7, 11) is 1.59. The highest BCUT2D eigenvalue weighted by Crippen LogP contribution is 2.23. The Morgan fingerprint density at radius 1 is 1.04 bits per heavy atom. The standard InChI is InChI=1S/C18H17N3O5/c1-13(15-6-4-8-17(12-15)21(25)26)19(2)18(22)10-9-14-5-3-7-16(11-14)20(23)24/h3-13H,1-2H3/b10-9+/t13-/m1/s1. The summed E-state index contributed by atoms with van der Waals surface area (Å²) in [4.78, 5) is 34.4. The molecule has 0 N–H and O–H groups in total. The van der Waals surface area contributed by atoms with Crippen LogP contribution in [0.4, 0.5) is 11.4 Å². The summed E-state index contributed by atoms with van der Waals surface area (Å²) < 4.78 is 0. The topological polar surface area (TPSA) is 107 Å². The maximum Gasteiger partial charge on any atom is 0.270 e. The molecule has 0 aliphatic carbocycles. The minimum atomic E-state index is -0.504. The zero-order valence-corrected chi connectivity index (χ0v) is 14.2. The van der Waals surface area contributed by atoms with Crippen LogP contribution >= 0.6 is 0 Å². The smallest absolute Gasteiger partial charge is 0.270 e. The number of hydrogen-bond donors (Lipinski definition) is 0. The second-order valence-corrected chi connectivity index (χ2v) is 5.66. The van der Waals surface area contributed by atoms with Crippen molar-refractivity contribution in [1.29, 1.82) is 0 Å². The molecule has 0 aliphatic rings. The number of nitro benzene ring substituents is 2. The first-order valence-electron chi connectivity index (χ1n) is 7.73. The van der Waals surface area contributed by atoms with Crippen LogP contribution in [-0.4, -0.2) is 27.7 Å². The Balaban J connectivity index is 2.13. The van der Waals surface area contributed by atoms with E-state index in [-0.39, 0.29) is 23.3 Å². The monoisotopic (exact) mass is 355 g/mol. The van der Waals surface area contributed by atoms with Crippen LogP contribution in [0.3, 0.4) is 0 Å². The van der Waals surface area contributed by atoms with E-state index in [1.807, 2.05) is 0 Å². The molecular formula is C18H17N3O5. The van der Waals surface area contributed by atoms with Gasteiger partial charge in [-0.15, -0.1) is 0 Å². The van der Waals surface area contributed by atoms with Crippen LogP contribution in [0.25, 0.3) is 6.08 Å². The molecule has 0 radical (unpaired) electrons. The van der Waals surface area contributed by atoms with Crippen LogP contribution < -0.4 is 0 Å². The molecule has 0 heterocycles. The van der Waals surface area contributed by atoms with E-state index >= 15 is 0 Å². The molecule has 26 heavy (non-hydrogen) atoms. The molecule has 134 valence electrons. The van der Waals surface area contributed by atoms with Crippen LogP contribution in [0.2, 0.25) is 0 Å². The first kappa shape index (κ1) is 18.8. The summed E-state index contributed by atoms with van der Waals surface area (Å²) >= 11 is 0. The van der Waals surface area contributed by atoms with Crippen molar-refractivity contribution in [3.05, 3.63) is 86.0 Å². The largest absolute Gasteiger partial charge is 0.335 e. The molecule has 1 amide bonds. The third kappa shape index (κ3) is 4.50. The van der Waals surface area contributed by atoms with Crippen LogP contribution in [0.5, 0.6) is 0 Å². The third-order valence-corrected chi connectivity index (χ3v) is 3.99. The van der Waals surface area contributed by atoms with Crippen molar-refractivity contribution >= 4 is 23.4 Å². The van der Waals surface area contributed by atoms with Crippen molar-refractivity contribution in [2.75, 3.05) is 7.05 Å². The molecular weight excluding hydrogens is 338 g/mol. The number of non-ortho nitro benzene ring substituents is 2. The second kappa shape index (κ2) is 8.02. The van der Waals surface area contributed by atoms with Crippen molar-refractivity contribution < 1.29 is 14.6 Å². The van der Waals surface area contributed by atoms with E-state index in [9.17, 15) is 25.0 Å². The Morgan fingerprint density at radius 3 is 2.23 bits per heavy atom. The van der Waals surface area contributed by atoms with Gasteiger partial charge >= 0.3 is 0 Å². The van der Waals surface area contributed by atoms with Crippen LogP contribution in [0.1, 0.15) is 24.1 Å². The molecule has 8 heteroatoms. The molecule has 0 saturated carbocycles. The fourth-order valence-corrected chi connectivity index (χ4v) is 2.34. The number of hydrogen-bond acceptors (Lipinski definition) is 5. The highest BCUT2D eigenvalue weighted by Gasteiger charge is 2.17. The van der Waals surface area contributed by atoms with Gasteiger partial charge in [0, 0.05) is 37.4 Å². The van der Waals surface area contributed by atoms with E-state index in [1.165, 1.54) is 47.4 Å². The fourth-order valence-electron chi connectivity index (χ4n) is 2.34. The number of likely N-dealkylation sites (N-methyl/N-ethyl adjacent to an activating group) is 1. The van der Waals surface area contributed by atoms with E-state index in [4.69, 9.17) is 0 Å². The Bertz CT molecular complexity index is 879. The Labute approximate surface area is 149 Å². The average molecular weight is 355 g/mol. The molecule has 0 aromatic heterocycles. The quantitative estimate of drug-likeness (QED) is 0.446. The van der Waals surface area contributed by atoms with Gasteiger partial charge in [-0.3, -0.25) is 25.0 Å². The Hall–Kier alpha value is -3.55. The van der Waals surface area contributed by atoms with Gasteiger partial charge in [-0.05, 0) is 24.1 Å². The highest BCUT2D eigenvalue weighted by atomic mass is 16.6. The number of carbonyl (C=O) groups is 1. The number of amides is 1. The summed E-state index contributed by atoms with van der Waals surface area (Å²) in [6, 6.07) is 11.7. The van der Waals surface area contributed by atoms with Gasteiger partial charge in [0.05, 0.1) is 15.9 Å². The zero-order chi connectivity index (χ0) is 19.3. The molecule has 0 unspecified atom stereocenters. The number of nitro groups is 2. The molecule has 0 aliphatic heterocycles. The summed E-state index contributed by atoms with van der Waals surface area (Å²) in [5.74, 6) is -0.324. The van der Waals surface area contributed by atoms with Crippen molar-refractivity contribution in [3.63, 3.8) is 0 Å².